The average Bonchev–Trinajstić information content (AvgIpc) is 3.56. The zero-order chi connectivity index (χ0) is 25.3. The number of amides is 2. The molecule has 3 atom stereocenters. The Kier molecular flexibility index (Phi) is 7.47. The van der Waals surface area contributed by atoms with E-state index in [1.54, 1.807) is 36.2 Å². The SMILES string of the molecule is Cc1cc(C(=O)Nc2cccc3c2O[C@H](CN(C)CC2CC2)[C@@H](C)CN([C@@H](C)CO)C3=O)n(C)n1. The molecule has 0 saturated heterocycles. The highest BCUT2D eigenvalue weighted by Crippen LogP contribution is 2.36. The number of aliphatic hydroxyl groups is 1. The van der Waals surface area contributed by atoms with Crippen molar-refractivity contribution in [2.75, 3.05) is 38.6 Å². The third-order valence-electron chi connectivity index (χ3n) is 6.93. The van der Waals surface area contributed by atoms with E-state index < -0.39 is 0 Å². The molecule has 4 rings (SSSR count). The van der Waals surface area contributed by atoms with Gasteiger partial charge in [0.2, 0.25) is 0 Å². The summed E-state index contributed by atoms with van der Waals surface area (Å²) in [6, 6.07) is 6.60. The van der Waals surface area contributed by atoms with Crippen molar-refractivity contribution in [3.63, 3.8) is 0 Å². The quantitative estimate of drug-likeness (QED) is 0.599. The van der Waals surface area contributed by atoms with Crippen LogP contribution in [-0.2, 0) is 7.05 Å². The van der Waals surface area contributed by atoms with Crippen LogP contribution in [0.3, 0.4) is 0 Å². The third-order valence-corrected chi connectivity index (χ3v) is 6.93. The third kappa shape index (κ3) is 5.67. The van der Waals surface area contributed by atoms with Crippen LogP contribution in [0.15, 0.2) is 24.3 Å². The minimum Gasteiger partial charge on any atom is -0.486 e. The second-order valence-corrected chi connectivity index (χ2v) is 10.2. The molecule has 2 amide bonds. The Balaban J connectivity index is 1.69. The molecule has 2 aromatic rings. The molecule has 2 N–H and O–H groups in total. The predicted octanol–water partition coefficient (Wildman–Crippen LogP) is 2.54. The van der Waals surface area contributed by atoms with Crippen molar-refractivity contribution in [2.24, 2.45) is 18.9 Å². The number of benzene rings is 1. The molecule has 1 saturated carbocycles. The van der Waals surface area contributed by atoms with E-state index >= 15 is 0 Å². The van der Waals surface area contributed by atoms with E-state index in [0.29, 0.717) is 35.8 Å². The van der Waals surface area contributed by atoms with E-state index in [9.17, 15) is 14.7 Å². The largest absolute Gasteiger partial charge is 0.486 e. The van der Waals surface area contributed by atoms with E-state index in [1.165, 1.54) is 17.5 Å². The zero-order valence-electron chi connectivity index (χ0n) is 21.3. The number of hydrogen-bond donors (Lipinski definition) is 2. The number of rotatable bonds is 8. The number of nitrogens with zero attached hydrogens (tertiary/aromatic N) is 4. The van der Waals surface area contributed by atoms with Crippen LogP contribution < -0.4 is 10.1 Å². The van der Waals surface area contributed by atoms with Gasteiger partial charge in [-0.25, -0.2) is 0 Å². The topological polar surface area (TPSA) is 99.9 Å². The normalized spacial score (nSPS) is 21.2. The van der Waals surface area contributed by atoms with Gasteiger partial charge < -0.3 is 25.0 Å². The van der Waals surface area contributed by atoms with Crippen molar-refractivity contribution in [3.8, 4) is 5.75 Å². The van der Waals surface area contributed by atoms with Crippen LogP contribution in [0.1, 0.15) is 53.2 Å². The van der Waals surface area contributed by atoms with Gasteiger partial charge in [0.1, 0.15) is 11.8 Å². The van der Waals surface area contributed by atoms with E-state index in [-0.39, 0.29) is 36.5 Å². The Morgan fingerprint density at radius 2 is 2.09 bits per heavy atom. The molecule has 2 heterocycles. The van der Waals surface area contributed by atoms with Crippen molar-refractivity contribution in [1.82, 2.24) is 19.6 Å². The summed E-state index contributed by atoms with van der Waals surface area (Å²) in [6.07, 6.45) is 2.35. The number of hydrogen-bond acceptors (Lipinski definition) is 6. The summed E-state index contributed by atoms with van der Waals surface area (Å²) >= 11 is 0. The second-order valence-electron chi connectivity index (χ2n) is 10.2. The summed E-state index contributed by atoms with van der Waals surface area (Å²) in [6.45, 7) is 7.83. The first-order chi connectivity index (χ1) is 16.7. The molecule has 0 radical (unpaired) electrons. The van der Waals surface area contributed by atoms with Crippen molar-refractivity contribution in [3.05, 3.63) is 41.2 Å². The Bertz CT molecular complexity index is 1080. The number of aliphatic hydroxyl groups excluding tert-OH is 1. The lowest BCUT2D eigenvalue weighted by molar-refractivity contribution is 0.0345. The zero-order valence-corrected chi connectivity index (χ0v) is 21.3. The van der Waals surface area contributed by atoms with Crippen LogP contribution >= 0.6 is 0 Å². The Morgan fingerprint density at radius 1 is 1.34 bits per heavy atom. The fourth-order valence-electron chi connectivity index (χ4n) is 4.69. The minimum absolute atomic E-state index is 0.0197. The maximum Gasteiger partial charge on any atom is 0.274 e. The molecule has 0 spiro atoms. The number of fused-ring (bicyclic) bond motifs is 1. The summed E-state index contributed by atoms with van der Waals surface area (Å²) in [5.41, 5.74) is 1.99. The average molecular weight is 484 g/mol. The van der Waals surface area contributed by atoms with E-state index in [2.05, 4.69) is 29.3 Å². The Labute approximate surface area is 207 Å². The number of likely N-dealkylation sites (N-methyl/N-ethyl adjacent to an activating group) is 1. The summed E-state index contributed by atoms with van der Waals surface area (Å²) in [4.78, 5) is 30.7. The van der Waals surface area contributed by atoms with Crippen molar-refractivity contribution < 1.29 is 19.4 Å². The molecule has 0 unspecified atom stereocenters. The summed E-state index contributed by atoms with van der Waals surface area (Å²) < 4.78 is 8.10. The van der Waals surface area contributed by atoms with Gasteiger partial charge in [-0.15, -0.1) is 0 Å². The van der Waals surface area contributed by atoms with Crippen molar-refractivity contribution in [2.45, 2.75) is 45.8 Å². The fourth-order valence-corrected chi connectivity index (χ4v) is 4.69. The Morgan fingerprint density at radius 3 is 2.71 bits per heavy atom. The molecule has 2 aliphatic rings. The first-order valence-corrected chi connectivity index (χ1v) is 12.4. The van der Waals surface area contributed by atoms with E-state index in [4.69, 9.17) is 4.74 Å². The molecular weight excluding hydrogens is 446 g/mol. The van der Waals surface area contributed by atoms with Crippen molar-refractivity contribution in [1.29, 1.82) is 0 Å². The summed E-state index contributed by atoms with van der Waals surface area (Å²) in [7, 11) is 3.82. The number of nitrogens with one attached hydrogen (secondary N) is 1. The maximum atomic E-state index is 13.6. The predicted molar refractivity (Wildman–Crippen MR) is 134 cm³/mol. The molecule has 1 fully saturated rings. The smallest absolute Gasteiger partial charge is 0.274 e. The molecule has 9 heteroatoms. The highest BCUT2D eigenvalue weighted by Gasteiger charge is 2.35. The van der Waals surface area contributed by atoms with Crippen LogP contribution in [0.4, 0.5) is 5.69 Å². The van der Waals surface area contributed by atoms with Gasteiger partial charge in [-0.05, 0) is 57.9 Å². The standard InChI is InChI=1S/C26H37N5O4/c1-16-12-31(18(3)15-32)26(34)20-7-6-8-21(27-25(33)22-11-17(2)28-30(22)5)24(20)35-23(16)14-29(4)13-19-9-10-19/h6-8,11,16,18-19,23,32H,9-10,12-15H2,1-5H3,(H,27,33)/t16-,18-,23+/m0/s1. The summed E-state index contributed by atoms with van der Waals surface area (Å²) in [5.74, 6) is 0.602. The van der Waals surface area contributed by atoms with Crippen LogP contribution in [0.5, 0.6) is 5.75 Å². The van der Waals surface area contributed by atoms with Crippen LogP contribution in [-0.4, -0.2) is 81.9 Å². The molecule has 1 aliphatic heterocycles. The number of ether oxygens (including phenoxy) is 1. The van der Waals surface area contributed by atoms with Gasteiger partial charge in [0.15, 0.2) is 5.75 Å². The van der Waals surface area contributed by atoms with Crippen LogP contribution in [0, 0.1) is 18.8 Å². The first-order valence-electron chi connectivity index (χ1n) is 12.4. The number of anilines is 1. The highest BCUT2D eigenvalue weighted by atomic mass is 16.5. The van der Waals surface area contributed by atoms with E-state index in [1.807, 2.05) is 13.8 Å². The highest BCUT2D eigenvalue weighted by molar-refractivity contribution is 6.06. The number of aryl methyl sites for hydroxylation is 2. The van der Waals surface area contributed by atoms with Crippen molar-refractivity contribution >= 4 is 17.5 Å². The number of carbonyl (C=O) groups excluding carboxylic acids is 2. The number of para-hydroxylation sites is 1. The fraction of sp³-hybridized carbons (Fsp3) is 0.577. The van der Waals surface area contributed by atoms with Gasteiger partial charge in [0.05, 0.1) is 29.6 Å². The molecule has 1 aromatic heterocycles. The maximum absolute atomic E-state index is 13.6. The molecule has 1 aromatic carbocycles. The monoisotopic (exact) mass is 483 g/mol. The van der Waals surface area contributed by atoms with Gasteiger partial charge in [-0.3, -0.25) is 14.3 Å². The second kappa shape index (κ2) is 10.4. The molecule has 35 heavy (non-hydrogen) atoms. The van der Waals surface area contributed by atoms with Gasteiger partial charge in [0.25, 0.3) is 11.8 Å². The van der Waals surface area contributed by atoms with Gasteiger partial charge in [0, 0.05) is 32.6 Å². The lowest BCUT2D eigenvalue weighted by atomic mass is 9.99. The van der Waals surface area contributed by atoms with Gasteiger partial charge in [-0.2, -0.15) is 5.10 Å². The lowest BCUT2D eigenvalue weighted by Crippen LogP contribution is -2.50. The number of carbonyl (C=O) groups is 2. The summed E-state index contributed by atoms with van der Waals surface area (Å²) in [5, 5.41) is 17.0. The Hall–Kier alpha value is -2.91. The molecular formula is C26H37N5O4. The minimum atomic E-state index is -0.337. The van der Waals surface area contributed by atoms with Gasteiger partial charge >= 0.3 is 0 Å². The van der Waals surface area contributed by atoms with Crippen LogP contribution in [0.2, 0.25) is 0 Å². The lowest BCUT2D eigenvalue weighted by Gasteiger charge is -2.38. The number of aromatic nitrogens is 2. The van der Waals surface area contributed by atoms with Crippen LogP contribution in [0.25, 0.3) is 0 Å². The molecule has 0 bridgehead atoms. The first kappa shape index (κ1) is 25.2. The molecule has 1 aliphatic carbocycles. The van der Waals surface area contributed by atoms with E-state index in [0.717, 1.165) is 18.2 Å². The van der Waals surface area contributed by atoms with Gasteiger partial charge in [-0.1, -0.05) is 13.0 Å². The molecule has 9 nitrogen and oxygen atoms in total. The molecule has 190 valence electrons.